The van der Waals surface area contributed by atoms with Crippen molar-refractivity contribution in [3.63, 3.8) is 0 Å². The lowest BCUT2D eigenvalue weighted by atomic mass is 10.3. The van der Waals surface area contributed by atoms with Crippen LogP contribution in [0.1, 0.15) is 6.92 Å². The molecule has 0 aliphatic heterocycles. The Labute approximate surface area is 148 Å². The molecule has 0 atom stereocenters. The Balaban J connectivity index is 2.39. The maximum atomic E-state index is 12.6. The molecule has 0 bridgehead atoms. The van der Waals surface area contributed by atoms with Crippen molar-refractivity contribution in [1.82, 2.24) is 0 Å². The highest BCUT2D eigenvalue weighted by Gasteiger charge is 2.30. The van der Waals surface area contributed by atoms with Gasteiger partial charge in [0.15, 0.2) is 0 Å². The second kappa shape index (κ2) is 8.07. The van der Waals surface area contributed by atoms with Gasteiger partial charge in [0.05, 0.1) is 17.2 Å². The SMILES string of the molecule is CCOC(=O)/C(=N/Nc1ccc(Br)cc1)S(=O)(=O)c1ccccc1. The summed E-state index contributed by atoms with van der Waals surface area (Å²) in [6.45, 7) is 1.63. The van der Waals surface area contributed by atoms with E-state index in [0.29, 0.717) is 5.69 Å². The molecule has 6 nitrogen and oxygen atoms in total. The molecule has 0 fully saturated rings. The number of hydrogen-bond donors (Lipinski definition) is 1. The number of carbonyl (C=O) groups excluding carboxylic acids is 1. The first kappa shape index (κ1) is 18.2. The average Bonchev–Trinajstić information content (AvgIpc) is 2.57. The summed E-state index contributed by atoms with van der Waals surface area (Å²) in [5.74, 6) is -1.01. The van der Waals surface area contributed by atoms with E-state index in [1.807, 2.05) is 0 Å². The van der Waals surface area contributed by atoms with Crippen LogP contribution in [0.3, 0.4) is 0 Å². The standard InChI is InChI=1S/C16H15BrN2O4S/c1-2-23-16(20)15(19-18-13-10-8-12(17)9-11-13)24(21,22)14-6-4-3-5-7-14/h3-11,18H,2H2,1H3/b19-15-. The number of anilines is 1. The molecule has 2 aromatic carbocycles. The smallest absolute Gasteiger partial charge is 0.371 e. The van der Waals surface area contributed by atoms with E-state index in [-0.39, 0.29) is 11.5 Å². The van der Waals surface area contributed by atoms with Gasteiger partial charge in [-0.15, -0.1) is 0 Å². The van der Waals surface area contributed by atoms with Crippen molar-refractivity contribution in [2.24, 2.45) is 5.10 Å². The van der Waals surface area contributed by atoms with Gasteiger partial charge >= 0.3 is 5.97 Å². The molecule has 0 aliphatic carbocycles. The number of benzene rings is 2. The van der Waals surface area contributed by atoms with Gasteiger partial charge < -0.3 is 4.74 Å². The van der Waals surface area contributed by atoms with Gasteiger partial charge in [-0.1, -0.05) is 34.1 Å². The van der Waals surface area contributed by atoms with E-state index in [9.17, 15) is 13.2 Å². The zero-order valence-electron chi connectivity index (χ0n) is 12.8. The summed E-state index contributed by atoms with van der Waals surface area (Å²) in [6.07, 6.45) is 0. The third kappa shape index (κ3) is 4.42. The van der Waals surface area contributed by atoms with Crippen molar-refractivity contribution in [3.05, 3.63) is 59.1 Å². The molecule has 0 saturated heterocycles. The van der Waals surface area contributed by atoms with Crippen molar-refractivity contribution in [3.8, 4) is 0 Å². The number of rotatable bonds is 4. The molecule has 24 heavy (non-hydrogen) atoms. The molecule has 2 aromatic rings. The van der Waals surface area contributed by atoms with Crippen molar-refractivity contribution in [1.29, 1.82) is 0 Å². The fraction of sp³-hybridized carbons (Fsp3) is 0.125. The number of halogens is 1. The van der Waals surface area contributed by atoms with Crippen molar-refractivity contribution >= 4 is 42.5 Å². The van der Waals surface area contributed by atoms with Gasteiger partial charge in [-0.2, -0.15) is 5.10 Å². The van der Waals surface area contributed by atoms with Crippen molar-refractivity contribution < 1.29 is 17.9 Å². The number of nitrogens with one attached hydrogen (secondary N) is 1. The van der Waals surface area contributed by atoms with E-state index in [4.69, 9.17) is 4.74 Å². The number of esters is 1. The first-order valence-corrected chi connectivity index (χ1v) is 9.29. The third-order valence-corrected chi connectivity index (χ3v) is 5.08. The lowest BCUT2D eigenvalue weighted by molar-refractivity contribution is -0.134. The number of ether oxygens (including phenoxy) is 1. The van der Waals surface area contributed by atoms with Crippen LogP contribution in [0.15, 0.2) is 69.1 Å². The highest BCUT2D eigenvalue weighted by atomic mass is 79.9. The predicted octanol–water partition coefficient (Wildman–Crippen LogP) is 3.21. The maximum absolute atomic E-state index is 12.6. The Morgan fingerprint density at radius 2 is 1.75 bits per heavy atom. The fourth-order valence-electron chi connectivity index (χ4n) is 1.76. The van der Waals surface area contributed by atoms with Crippen LogP contribution in [0.4, 0.5) is 5.69 Å². The average molecular weight is 411 g/mol. The predicted molar refractivity (Wildman–Crippen MR) is 95.5 cm³/mol. The normalized spacial score (nSPS) is 11.8. The van der Waals surface area contributed by atoms with Crippen LogP contribution in [0.2, 0.25) is 0 Å². The monoisotopic (exact) mass is 410 g/mol. The van der Waals surface area contributed by atoms with Gasteiger partial charge in [0.2, 0.25) is 9.84 Å². The minimum Gasteiger partial charge on any atom is -0.461 e. The molecule has 0 spiro atoms. The highest BCUT2D eigenvalue weighted by Crippen LogP contribution is 2.16. The Bertz CT molecular complexity index is 834. The van der Waals surface area contributed by atoms with Gasteiger partial charge in [-0.05, 0) is 43.3 Å². The van der Waals surface area contributed by atoms with E-state index in [1.165, 1.54) is 12.1 Å². The van der Waals surface area contributed by atoms with Crippen molar-refractivity contribution in [2.45, 2.75) is 11.8 Å². The van der Waals surface area contributed by atoms with Gasteiger partial charge in [0.1, 0.15) is 0 Å². The van der Waals surface area contributed by atoms with Crippen LogP contribution in [0, 0.1) is 0 Å². The quantitative estimate of drug-likeness (QED) is 0.362. The first-order valence-electron chi connectivity index (χ1n) is 7.01. The van der Waals surface area contributed by atoms with Crippen LogP contribution in [-0.2, 0) is 19.4 Å². The zero-order valence-corrected chi connectivity index (χ0v) is 15.2. The number of sulfone groups is 1. The zero-order chi connectivity index (χ0) is 17.6. The minimum absolute atomic E-state index is 0.0330. The van der Waals surface area contributed by atoms with Gasteiger partial charge in [-0.25, -0.2) is 13.2 Å². The second-order valence-corrected chi connectivity index (χ2v) is 7.35. The summed E-state index contributed by atoms with van der Waals surface area (Å²) in [5.41, 5.74) is 3.11. The lowest BCUT2D eigenvalue weighted by Crippen LogP contribution is -2.28. The van der Waals surface area contributed by atoms with E-state index in [0.717, 1.165) is 4.47 Å². The molecule has 0 radical (unpaired) electrons. The molecular weight excluding hydrogens is 396 g/mol. The summed E-state index contributed by atoms with van der Waals surface area (Å²) >= 11 is 3.30. The van der Waals surface area contributed by atoms with Gasteiger partial charge in [0, 0.05) is 4.47 Å². The molecule has 0 saturated carbocycles. The summed E-state index contributed by atoms with van der Waals surface area (Å²) < 4.78 is 31.0. The van der Waals surface area contributed by atoms with E-state index < -0.39 is 20.9 Å². The Hall–Kier alpha value is -2.19. The van der Waals surface area contributed by atoms with Crippen LogP contribution >= 0.6 is 15.9 Å². The summed E-state index contributed by atoms with van der Waals surface area (Å²) in [6, 6.07) is 14.5. The molecule has 2 rings (SSSR count). The molecule has 8 heteroatoms. The third-order valence-electron chi connectivity index (χ3n) is 2.89. The molecule has 0 amide bonds. The molecule has 0 unspecified atom stereocenters. The molecule has 0 aliphatic rings. The van der Waals surface area contributed by atoms with Crippen LogP contribution < -0.4 is 5.43 Å². The second-order valence-electron chi connectivity index (χ2n) is 4.57. The van der Waals surface area contributed by atoms with Gasteiger partial charge in [0.25, 0.3) is 5.04 Å². The van der Waals surface area contributed by atoms with Gasteiger partial charge in [-0.3, -0.25) is 5.43 Å². The Kier molecular flexibility index (Phi) is 6.10. The topological polar surface area (TPSA) is 84.8 Å². The minimum atomic E-state index is -4.10. The number of carbonyl (C=O) groups is 1. The van der Waals surface area contributed by atoms with Crippen molar-refractivity contribution in [2.75, 3.05) is 12.0 Å². The van der Waals surface area contributed by atoms with E-state index in [1.54, 1.807) is 49.4 Å². The fourth-order valence-corrected chi connectivity index (χ4v) is 3.21. The van der Waals surface area contributed by atoms with E-state index >= 15 is 0 Å². The largest absolute Gasteiger partial charge is 0.461 e. The number of hydrazone groups is 1. The molecular formula is C16H15BrN2O4S. The van der Waals surface area contributed by atoms with E-state index in [2.05, 4.69) is 26.5 Å². The summed E-state index contributed by atoms with van der Waals surface area (Å²) in [7, 11) is -4.10. The van der Waals surface area contributed by atoms with Crippen LogP contribution in [0.5, 0.6) is 0 Å². The Morgan fingerprint density at radius 1 is 1.12 bits per heavy atom. The first-order chi connectivity index (χ1) is 11.4. The molecule has 126 valence electrons. The number of nitrogens with zero attached hydrogens (tertiary/aromatic N) is 1. The molecule has 0 aromatic heterocycles. The maximum Gasteiger partial charge on any atom is 0.371 e. The van der Waals surface area contributed by atoms with Crippen LogP contribution in [0.25, 0.3) is 0 Å². The Morgan fingerprint density at radius 3 is 2.33 bits per heavy atom. The summed E-state index contributed by atoms with van der Waals surface area (Å²) in [5, 5.41) is 3.08. The lowest BCUT2D eigenvalue weighted by Gasteiger charge is -2.08. The number of hydrogen-bond acceptors (Lipinski definition) is 6. The molecule has 0 heterocycles. The molecule has 1 N–H and O–H groups in total. The highest BCUT2D eigenvalue weighted by molar-refractivity contribution is 9.10. The van der Waals surface area contributed by atoms with Crippen LogP contribution in [-0.4, -0.2) is 26.0 Å². The summed E-state index contributed by atoms with van der Waals surface area (Å²) in [4.78, 5) is 12.0.